The van der Waals surface area contributed by atoms with Crippen molar-refractivity contribution in [3.8, 4) is 11.5 Å². The third-order valence-corrected chi connectivity index (χ3v) is 10.1. The average Bonchev–Trinajstić information content (AvgIpc) is 3.85. The number of thioether (sulfide) groups is 1. The number of carbonyl (C=O) groups is 3. The van der Waals surface area contributed by atoms with Gasteiger partial charge in [0.25, 0.3) is 11.8 Å². The first-order valence-electron chi connectivity index (χ1n) is 17.5. The molecule has 0 aliphatic rings. The molecule has 3 amide bonds. The van der Waals surface area contributed by atoms with Crippen LogP contribution in [0.3, 0.4) is 0 Å². The zero-order valence-electron chi connectivity index (χ0n) is 29.2. The van der Waals surface area contributed by atoms with Crippen molar-refractivity contribution in [3.63, 3.8) is 0 Å². The summed E-state index contributed by atoms with van der Waals surface area (Å²) in [5, 5.41) is 9.11. The molecule has 1 atom stereocenters. The Morgan fingerprint density at radius 1 is 0.709 bits per heavy atom. The summed E-state index contributed by atoms with van der Waals surface area (Å²) in [4.78, 5) is 49.6. The smallest absolute Gasteiger partial charge is 0.272 e. The van der Waals surface area contributed by atoms with E-state index in [1.807, 2.05) is 127 Å². The average molecular weight is 740 g/mol. The van der Waals surface area contributed by atoms with Crippen molar-refractivity contribution in [2.24, 2.45) is 0 Å². The summed E-state index contributed by atoms with van der Waals surface area (Å²) in [7, 11) is 0. The molecule has 6 aromatic carbocycles. The number of carbonyl (C=O) groups excluding carboxylic acids is 3. The van der Waals surface area contributed by atoms with Crippen molar-refractivity contribution < 1.29 is 18.8 Å². The van der Waals surface area contributed by atoms with Crippen LogP contribution in [0.2, 0.25) is 0 Å². The van der Waals surface area contributed by atoms with E-state index in [1.165, 1.54) is 11.8 Å². The van der Waals surface area contributed by atoms with Crippen molar-refractivity contribution in [2.75, 3.05) is 10.6 Å². The highest BCUT2D eigenvalue weighted by Crippen LogP contribution is 2.37. The maximum atomic E-state index is 13.9. The first-order chi connectivity index (χ1) is 27.0. The second-order valence-electron chi connectivity index (χ2n) is 12.6. The first kappa shape index (κ1) is 34.9. The summed E-state index contributed by atoms with van der Waals surface area (Å²) in [6.45, 7) is 0. The van der Waals surface area contributed by atoms with Gasteiger partial charge < -0.3 is 25.4 Å². The van der Waals surface area contributed by atoms with Crippen molar-refractivity contribution >= 4 is 68.9 Å². The van der Waals surface area contributed by atoms with Crippen LogP contribution in [0.5, 0.6) is 0 Å². The van der Waals surface area contributed by atoms with E-state index in [9.17, 15) is 14.4 Å². The molecule has 55 heavy (non-hydrogen) atoms. The molecule has 2 heterocycles. The Kier molecular flexibility index (Phi) is 10.0. The number of aromatic nitrogens is 2. The van der Waals surface area contributed by atoms with Gasteiger partial charge in [-0.1, -0.05) is 84.9 Å². The normalized spacial score (nSPS) is 12.0. The maximum Gasteiger partial charge on any atom is 0.272 e. The molecule has 0 fully saturated rings. The van der Waals surface area contributed by atoms with Crippen LogP contribution in [-0.2, 0) is 9.59 Å². The van der Waals surface area contributed by atoms with Crippen molar-refractivity contribution in [2.45, 2.75) is 10.1 Å². The summed E-state index contributed by atoms with van der Waals surface area (Å²) < 4.78 is 5.91. The fourth-order valence-electron chi connectivity index (χ4n) is 6.09. The molecular formula is C45H33N5O4S. The van der Waals surface area contributed by atoms with Gasteiger partial charge in [-0.3, -0.25) is 14.4 Å². The predicted octanol–water partition coefficient (Wildman–Crippen LogP) is 9.86. The molecule has 8 aromatic rings. The summed E-state index contributed by atoms with van der Waals surface area (Å²) in [5.41, 5.74) is 6.35. The number of nitrogens with one attached hydrogen (secondary N) is 4. The first-order valence-corrected chi connectivity index (χ1v) is 18.4. The summed E-state index contributed by atoms with van der Waals surface area (Å²) in [6, 6.07) is 48.2. The molecule has 8 rings (SSSR count). The van der Waals surface area contributed by atoms with Crippen LogP contribution in [0.15, 0.2) is 179 Å². The zero-order valence-corrected chi connectivity index (χ0v) is 30.0. The Labute approximate surface area is 320 Å². The fraction of sp³-hybridized carbons (Fsp3) is 0.0222. The van der Waals surface area contributed by atoms with E-state index in [0.717, 1.165) is 38.0 Å². The standard InChI is InChI=1S/C45H33N5O4S/c51-42(30-14-5-2-6-15-30)49-39(26-32-28-46-37-19-8-7-18-36(32)37)43(52)48-34-16-11-17-35(27-34)55-41(29-12-3-1-4-13-29)44(53)47-33-24-22-31(23-25-33)45-50-38-20-9-10-21-40(38)54-45/h1-28,41,46H,(H,47,53)(H,48,52)(H,49,51)/b39-26-. The van der Waals surface area contributed by atoms with E-state index in [0.29, 0.717) is 28.4 Å². The van der Waals surface area contributed by atoms with Gasteiger partial charge in [-0.2, -0.15) is 0 Å². The second-order valence-corrected chi connectivity index (χ2v) is 13.8. The molecule has 0 bridgehead atoms. The minimum Gasteiger partial charge on any atom is -0.436 e. The van der Waals surface area contributed by atoms with Gasteiger partial charge in [0.15, 0.2) is 5.58 Å². The van der Waals surface area contributed by atoms with E-state index in [-0.39, 0.29) is 11.6 Å². The molecule has 0 aliphatic heterocycles. The van der Waals surface area contributed by atoms with Gasteiger partial charge in [-0.25, -0.2) is 4.98 Å². The minimum absolute atomic E-state index is 0.0697. The van der Waals surface area contributed by atoms with E-state index >= 15 is 0 Å². The molecule has 268 valence electrons. The highest BCUT2D eigenvalue weighted by Gasteiger charge is 2.23. The van der Waals surface area contributed by atoms with E-state index in [2.05, 4.69) is 25.9 Å². The van der Waals surface area contributed by atoms with Crippen LogP contribution in [0.4, 0.5) is 11.4 Å². The molecule has 0 spiro atoms. The highest BCUT2D eigenvalue weighted by atomic mass is 32.2. The van der Waals surface area contributed by atoms with Crippen LogP contribution in [0, 0.1) is 0 Å². The summed E-state index contributed by atoms with van der Waals surface area (Å²) in [6.07, 6.45) is 3.45. The number of nitrogens with zero attached hydrogens (tertiary/aromatic N) is 1. The number of fused-ring (bicyclic) bond motifs is 2. The van der Waals surface area contributed by atoms with Crippen LogP contribution in [0.1, 0.15) is 26.7 Å². The fourth-order valence-corrected chi connectivity index (χ4v) is 7.18. The molecule has 2 aromatic heterocycles. The van der Waals surface area contributed by atoms with Crippen LogP contribution in [-0.4, -0.2) is 27.7 Å². The Morgan fingerprint density at radius 3 is 2.24 bits per heavy atom. The maximum absolute atomic E-state index is 13.9. The van der Waals surface area contributed by atoms with Gasteiger partial charge in [0.2, 0.25) is 11.8 Å². The lowest BCUT2D eigenvalue weighted by atomic mass is 10.1. The van der Waals surface area contributed by atoms with Crippen LogP contribution in [0.25, 0.3) is 39.5 Å². The number of hydrogen-bond donors (Lipinski definition) is 4. The minimum atomic E-state index is -0.619. The van der Waals surface area contributed by atoms with Gasteiger partial charge in [0.05, 0.1) is 0 Å². The highest BCUT2D eigenvalue weighted by molar-refractivity contribution is 8.00. The zero-order chi connectivity index (χ0) is 37.6. The molecule has 1 unspecified atom stereocenters. The lowest BCUT2D eigenvalue weighted by molar-refractivity contribution is -0.116. The van der Waals surface area contributed by atoms with Gasteiger partial charge in [-0.05, 0) is 84.4 Å². The van der Waals surface area contributed by atoms with Crippen molar-refractivity contribution in [3.05, 3.63) is 186 Å². The predicted molar refractivity (Wildman–Crippen MR) is 218 cm³/mol. The molecular weight excluding hydrogens is 707 g/mol. The Hall–Kier alpha value is -7.17. The van der Waals surface area contributed by atoms with E-state index < -0.39 is 17.1 Å². The monoisotopic (exact) mass is 739 g/mol. The van der Waals surface area contributed by atoms with Crippen LogP contribution >= 0.6 is 11.8 Å². The SMILES string of the molecule is O=C(Nc1cccc(SC(C(=O)Nc2ccc(-c3nc4ccccc4o3)cc2)c2ccccc2)c1)/C(=C/c1c[nH]c2ccccc12)NC(=O)c1ccccc1. The number of aromatic amines is 1. The van der Waals surface area contributed by atoms with E-state index in [1.54, 1.807) is 42.6 Å². The van der Waals surface area contributed by atoms with E-state index in [4.69, 9.17) is 4.42 Å². The third-order valence-electron chi connectivity index (χ3n) is 8.83. The number of hydrogen-bond acceptors (Lipinski definition) is 6. The number of benzene rings is 6. The Balaban J connectivity index is 1.01. The van der Waals surface area contributed by atoms with Gasteiger partial charge >= 0.3 is 0 Å². The summed E-state index contributed by atoms with van der Waals surface area (Å²) >= 11 is 1.36. The van der Waals surface area contributed by atoms with Gasteiger partial charge in [0, 0.05) is 50.1 Å². The molecule has 0 aliphatic carbocycles. The number of H-pyrrole nitrogens is 1. The molecule has 9 nitrogen and oxygen atoms in total. The van der Waals surface area contributed by atoms with Crippen LogP contribution < -0.4 is 16.0 Å². The number of para-hydroxylation sites is 3. The number of anilines is 2. The molecule has 0 radical (unpaired) electrons. The second kappa shape index (κ2) is 15.8. The van der Waals surface area contributed by atoms with Crippen molar-refractivity contribution in [1.29, 1.82) is 0 Å². The Bertz CT molecular complexity index is 2640. The third kappa shape index (κ3) is 8.09. The largest absolute Gasteiger partial charge is 0.436 e. The number of amides is 3. The van der Waals surface area contributed by atoms with Gasteiger partial charge in [0.1, 0.15) is 16.5 Å². The molecule has 10 heteroatoms. The topological polar surface area (TPSA) is 129 Å². The number of oxazole rings is 1. The quantitative estimate of drug-likeness (QED) is 0.0772. The van der Waals surface area contributed by atoms with Crippen molar-refractivity contribution in [1.82, 2.24) is 15.3 Å². The Morgan fingerprint density at radius 2 is 1.44 bits per heavy atom. The van der Waals surface area contributed by atoms with Gasteiger partial charge in [-0.15, -0.1) is 11.8 Å². The molecule has 0 saturated heterocycles. The number of rotatable bonds is 11. The molecule has 4 N–H and O–H groups in total. The lowest BCUT2D eigenvalue weighted by Crippen LogP contribution is -2.30. The molecule has 0 saturated carbocycles. The summed E-state index contributed by atoms with van der Waals surface area (Å²) in [5.74, 6) is -0.630. The lowest BCUT2D eigenvalue weighted by Gasteiger charge is -2.18.